The zero-order valence-corrected chi connectivity index (χ0v) is 20.3. The van der Waals surface area contributed by atoms with Crippen LogP contribution in [-0.2, 0) is 24.8 Å². The molecule has 0 aliphatic rings. The van der Waals surface area contributed by atoms with Gasteiger partial charge in [-0.2, -0.15) is 5.10 Å². The number of carbonyl (C=O) groups is 1. The van der Waals surface area contributed by atoms with E-state index in [1.54, 1.807) is 18.0 Å². The number of hydrogen-bond acceptors (Lipinski definition) is 6. The lowest BCUT2D eigenvalue weighted by Crippen LogP contribution is -2.33. The molecule has 0 unspecified atom stereocenters. The van der Waals surface area contributed by atoms with Crippen LogP contribution in [0.2, 0.25) is 0 Å². The Bertz CT molecular complexity index is 1580. The van der Waals surface area contributed by atoms with Crippen molar-refractivity contribution in [3.8, 4) is 5.75 Å². The van der Waals surface area contributed by atoms with E-state index >= 15 is 0 Å². The molecule has 5 rings (SSSR count). The molecule has 2 aromatic heterocycles. The maximum Gasteiger partial charge on any atom is 0.274 e. The monoisotopic (exact) mass is 484 g/mol. The molecule has 0 saturated heterocycles. The number of rotatable bonds is 7. The molecule has 0 bridgehead atoms. The minimum absolute atomic E-state index is 0.0432. The van der Waals surface area contributed by atoms with Gasteiger partial charge in [0.2, 0.25) is 5.91 Å². The fourth-order valence-electron chi connectivity index (χ4n) is 4.04. The minimum atomic E-state index is -0.186. The number of aryl methyl sites for hydroxylation is 1. The number of nitrogens with zero attached hydrogens (tertiary/aromatic N) is 4. The number of amides is 1. The van der Waals surface area contributed by atoms with Crippen molar-refractivity contribution < 1.29 is 9.53 Å². The fraction of sp³-hybridized carbons (Fsp3) is 0.185. The number of hydrogen-bond donors (Lipinski definition) is 0. The number of ether oxygens (including phenoxy) is 1. The Hall–Kier alpha value is -4.04. The van der Waals surface area contributed by atoms with E-state index in [9.17, 15) is 9.59 Å². The summed E-state index contributed by atoms with van der Waals surface area (Å²) in [6.07, 6.45) is 0.0432. The average Bonchev–Trinajstić information content (AvgIpc) is 3.29. The molecule has 0 fully saturated rings. The molecule has 35 heavy (non-hydrogen) atoms. The third-order valence-corrected chi connectivity index (χ3v) is 6.77. The molecule has 7 nitrogen and oxygen atoms in total. The lowest BCUT2D eigenvalue weighted by Gasteiger charge is -2.20. The van der Waals surface area contributed by atoms with Crippen molar-refractivity contribution in [1.29, 1.82) is 0 Å². The van der Waals surface area contributed by atoms with E-state index < -0.39 is 0 Å². The highest BCUT2D eigenvalue weighted by Gasteiger charge is 2.23. The Balaban J connectivity index is 1.54. The number of thiazole rings is 1. The molecule has 1 amide bonds. The van der Waals surface area contributed by atoms with Gasteiger partial charge in [-0.1, -0.05) is 59.9 Å². The van der Waals surface area contributed by atoms with E-state index in [-0.39, 0.29) is 17.9 Å². The van der Waals surface area contributed by atoms with Gasteiger partial charge in [-0.3, -0.25) is 14.5 Å². The summed E-state index contributed by atoms with van der Waals surface area (Å²) < 4.78 is 7.87. The molecule has 0 aliphatic heterocycles. The second-order valence-electron chi connectivity index (χ2n) is 8.12. The molecule has 8 heteroatoms. The van der Waals surface area contributed by atoms with E-state index in [1.807, 2.05) is 73.7 Å². The van der Waals surface area contributed by atoms with Crippen LogP contribution in [-0.4, -0.2) is 27.3 Å². The highest BCUT2D eigenvalue weighted by atomic mass is 32.1. The van der Waals surface area contributed by atoms with Gasteiger partial charge < -0.3 is 4.74 Å². The Morgan fingerprint density at radius 1 is 1.03 bits per heavy atom. The van der Waals surface area contributed by atoms with Crippen LogP contribution in [0.25, 0.3) is 21.0 Å². The lowest BCUT2D eigenvalue weighted by molar-refractivity contribution is -0.118. The van der Waals surface area contributed by atoms with Crippen LogP contribution in [0.5, 0.6) is 5.75 Å². The Labute approximate surface area is 206 Å². The molecule has 0 aliphatic carbocycles. The van der Waals surface area contributed by atoms with Crippen LogP contribution in [0.4, 0.5) is 5.13 Å². The molecule has 3 aromatic carbocycles. The van der Waals surface area contributed by atoms with Gasteiger partial charge in [0.25, 0.3) is 5.56 Å². The molecule has 0 radical (unpaired) electrons. The Morgan fingerprint density at radius 2 is 1.77 bits per heavy atom. The maximum absolute atomic E-state index is 13.7. The first-order chi connectivity index (χ1) is 17.0. The van der Waals surface area contributed by atoms with Gasteiger partial charge in [0.05, 0.1) is 40.9 Å². The van der Waals surface area contributed by atoms with Gasteiger partial charge >= 0.3 is 0 Å². The van der Waals surface area contributed by atoms with Gasteiger partial charge in [0, 0.05) is 12.4 Å². The Kier molecular flexibility index (Phi) is 6.29. The van der Waals surface area contributed by atoms with Crippen LogP contribution in [0.15, 0.2) is 77.6 Å². The third kappa shape index (κ3) is 4.65. The lowest BCUT2D eigenvalue weighted by atomic mass is 10.1. The summed E-state index contributed by atoms with van der Waals surface area (Å²) in [5.41, 5.74) is 2.18. The zero-order valence-electron chi connectivity index (χ0n) is 19.5. The van der Waals surface area contributed by atoms with Crippen molar-refractivity contribution in [2.75, 3.05) is 11.5 Å². The average molecular weight is 485 g/mol. The van der Waals surface area contributed by atoms with Gasteiger partial charge in [-0.05, 0) is 36.8 Å². The fourth-order valence-corrected chi connectivity index (χ4v) is 5.05. The third-order valence-electron chi connectivity index (χ3n) is 5.73. The summed E-state index contributed by atoms with van der Waals surface area (Å²) in [4.78, 5) is 32.7. The molecule has 0 saturated carbocycles. The number of benzene rings is 3. The van der Waals surface area contributed by atoms with Crippen LogP contribution in [0, 0.1) is 0 Å². The van der Waals surface area contributed by atoms with Crippen LogP contribution >= 0.6 is 11.3 Å². The summed E-state index contributed by atoms with van der Waals surface area (Å²) >= 11 is 1.45. The highest BCUT2D eigenvalue weighted by molar-refractivity contribution is 7.22. The maximum atomic E-state index is 13.7. The van der Waals surface area contributed by atoms with E-state index in [1.165, 1.54) is 16.0 Å². The molecule has 2 heterocycles. The quantitative estimate of drug-likeness (QED) is 0.334. The normalized spacial score (nSPS) is 11.1. The van der Waals surface area contributed by atoms with Crippen LogP contribution < -0.4 is 15.2 Å². The Morgan fingerprint density at radius 3 is 2.54 bits per heavy atom. The van der Waals surface area contributed by atoms with Crippen molar-refractivity contribution in [2.24, 2.45) is 7.05 Å². The van der Waals surface area contributed by atoms with Gasteiger partial charge in [0.15, 0.2) is 5.13 Å². The topological polar surface area (TPSA) is 77.3 Å². The predicted octanol–water partition coefficient (Wildman–Crippen LogP) is 4.72. The van der Waals surface area contributed by atoms with E-state index in [0.29, 0.717) is 34.7 Å². The first-order valence-corrected chi connectivity index (χ1v) is 12.2. The summed E-state index contributed by atoms with van der Waals surface area (Å²) in [7, 11) is 1.61. The largest absolute Gasteiger partial charge is 0.494 e. The summed E-state index contributed by atoms with van der Waals surface area (Å²) in [5.74, 6) is 0.631. The summed E-state index contributed by atoms with van der Waals surface area (Å²) in [6.45, 7) is 2.90. The zero-order chi connectivity index (χ0) is 24.4. The minimum Gasteiger partial charge on any atom is -0.494 e. The molecular weight excluding hydrogens is 460 g/mol. The highest BCUT2D eigenvalue weighted by Crippen LogP contribution is 2.33. The van der Waals surface area contributed by atoms with Gasteiger partial charge in [-0.15, -0.1) is 0 Å². The molecule has 5 aromatic rings. The number of aromatic nitrogens is 3. The van der Waals surface area contributed by atoms with Crippen molar-refractivity contribution in [2.45, 2.75) is 19.9 Å². The standard InChI is InChI=1S/C27H24N4O3S/c1-3-34-19-13-14-22-24(15-19)35-27(28-22)31(17-18-9-5-4-6-10-18)25(32)16-23-20-11-7-8-12-21(20)26(33)30(2)29-23/h4-15H,3,16-17H2,1-2H3. The van der Waals surface area contributed by atoms with E-state index in [4.69, 9.17) is 9.72 Å². The molecule has 0 N–H and O–H groups in total. The predicted molar refractivity (Wildman–Crippen MR) is 139 cm³/mol. The number of fused-ring (bicyclic) bond motifs is 2. The van der Waals surface area contributed by atoms with Crippen molar-refractivity contribution in [3.63, 3.8) is 0 Å². The molecule has 0 atom stereocenters. The second kappa shape index (κ2) is 9.68. The van der Waals surface area contributed by atoms with E-state index in [2.05, 4.69) is 5.10 Å². The summed E-state index contributed by atoms with van der Waals surface area (Å²) in [6, 6.07) is 22.8. The van der Waals surface area contributed by atoms with Crippen LogP contribution in [0.3, 0.4) is 0 Å². The number of carbonyl (C=O) groups excluding carboxylic acids is 1. The van der Waals surface area contributed by atoms with Gasteiger partial charge in [-0.25, -0.2) is 9.67 Å². The molecular formula is C27H24N4O3S. The second-order valence-corrected chi connectivity index (χ2v) is 9.13. The summed E-state index contributed by atoms with van der Waals surface area (Å²) in [5, 5.41) is 6.27. The van der Waals surface area contributed by atoms with Crippen LogP contribution in [0.1, 0.15) is 18.2 Å². The number of anilines is 1. The molecule has 0 spiro atoms. The molecule has 176 valence electrons. The van der Waals surface area contributed by atoms with Crippen molar-refractivity contribution >= 4 is 43.4 Å². The smallest absolute Gasteiger partial charge is 0.274 e. The first-order valence-electron chi connectivity index (χ1n) is 11.4. The van der Waals surface area contributed by atoms with Crippen molar-refractivity contribution in [3.05, 3.63) is 94.4 Å². The van der Waals surface area contributed by atoms with E-state index in [0.717, 1.165) is 21.5 Å². The van der Waals surface area contributed by atoms with Crippen molar-refractivity contribution in [1.82, 2.24) is 14.8 Å². The first kappa shape index (κ1) is 22.7. The SMILES string of the molecule is CCOc1ccc2nc(N(Cc3ccccc3)C(=O)Cc3nn(C)c(=O)c4ccccc34)sc2c1. The van der Waals surface area contributed by atoms with Gasteiger partial charge in [0.1, 0.15) is 5.75 Å².